The third-order valence-electron chi connectivity index (χ3n) is 6.27. The molecule has 5 aromatic rings. The minimum atomic E-state index is -0.407. The predicted octanol–water partition coefficient (Wildman–Crippen LogP) is 6.63. The summed E-state index contributed by atoms with van der Waals surface area (Å²) in [6, 6.07) is 18.5. The van der Waals surface area contributed by atoms with Crippen molar-refractivity contribution >= 4 is 49.7 Å². The van der Waals surface area contributed by atoms with Gasteiger partial charge in [0.05, 0.1) is 21.2 Å². The van der Waals surface area contributed by atoms with Gasteiger partial charge in [-0.1, -0.05) is 18.2 Å². The standard InChI is InChI=1S/C27H21FN4OS/c28-22-13-18(27(33)32-11-1-2-12-32)4-6-20(22)17-3-7-21-23(9-10-29-24(21)14-17)31-19-5-8-26-25(15-19)30-16-34-26/h3-10,13-16H,1-2,11-12H2,(H,29,31). The highest BCUT2D eigenvalue weighted by Gasteiger charge is 2.20. The van der Waals surface area contributed by atoms with Gasteiger partial charge in [0.2, 0.25) is 0 Å². The molecular weight excluding hydrogens is 447 g/mol. The van der Waals surface area contributed by atoms with Crippen LogP contribution in [0, 0.1) is 5.82 Å². The first-order chi connectivity index (χ1) is 16.7. The molecule has 0 saturated carbocycles. The SMILES string of the molecule is O=C(c1ccc(-c2ccc3c(Nc4ccc5scnc5c4)ccnc3c2)c(F)c1)N1CCCC1. The van der Waals surface area contributed by atoms with Crippen molar-refractivity contribution in [2.75, 3.05) is 18.4 Å². The lowest BCUT2D eigenvalue weighted by Gasteiger charge is -2.16. The lowest BCUT2D eigenvalue weighted by atomic mass is 10.0. The Balaban J connectivity index is 1.31. The first kappa shape index (κ1) is 20.7. The second kappa shape index (κ2) is 8.50. The lowest BCUT2D eigenvalue weighted by molar-refractivity contribution is 0.0792. The smallest absolute Gasteiger partial charge is 0.253 e. The number of nitrogens with zero attached hydrogens (tertiary/aromatic N) is 3. The van der Waals surface area contributed by atoms with Crippen LogP contribution in [0.15, 0.2) is 72.4 Å². The molecule has 0 spiro atoms. The fraction of sp³-hybridized carbons (Fsp3) is 0.148. The second-order valence-corrected chi connectivity index (χ2v) is 9.33. The zero-order valence-electron chi connectivity index (χ0n) is 18.3. The average Bonchev–Trinajstić information content (AvgIpc) is 3.55. The highest BCUT2D eigenvalue weighted by Crippen LogP contribution is 2.32. The molecule has 1 aliphatic rings. The molecule has 2 aromatic heterocycles. The van der Waals surface area contributed by atoms with E-state index in [0.29, 0.717) is 11.1 Å². The van der Waals surface area contributed by atoms with Gasteiger partial charge in [-0.25, -0.2) is 9.37 Å². The second-order valence-electron chi connectivity index (χ2n) is 8.44. The van der Waals surface area contributed by atoms with Gasteiger partial charge in [-0.15, -0.1) is 11.3 Å². The number of benzene rings is 3. The molecule has 0 radical (unpaired) electrons. The summed E-state index contributed by atoms with van der Waals surface area (Å²) < 4.78 is 16.2. The molecular formula is C27H21FN4OS. The molecule has 1 amide bonds. The Labute approximate surface area is 199 Å². The molecule has 5 nitrogen and oxygen atoms in total. The van der Waals surface area contributed by atoms with Crippen molar-refractivity contribution in [3.05, 3.63) is 83.8 Å². The summed E-state index contributed by atoms with van der Waals surface area (Å²) in [6.45, 7) is 1.49. The van der Waals surface area contributed by atoms with Gasteiger partial charge in [-0.2, -0.15) is 0 Å². The van der Waals surface area contributed by atoms with Crippen molar-refractivity contribution in [2.24, 2.45) is 0 Å². The Kier molecular flexibility index (Phi) is 5.19. The van der Waals surface area contributed by atoms with Gasteiger partial charge in [0.15, 0.2) is 0 Å². The first-order valence-electron chi connectivity index (χ1n) is 11.2. The Morgan fingerprint density at radius 3 is 2.68 bits per heavy atom. The number of carbonyl (C=O) groups excluding carboxylic acids is 1. The van der Waals surface area contributed by atoms with Gasteiger partial charge in [0.25, 0.3) is 5.91 Å². The highest BCUT2D eigenvalue weighted by atomic mass is 32.1. The number of thiazole rings is 1. The summed E-state index contributed by atoms with van der Waals surface area (Å²) in [7, 11) is 0. The molecule has 7 heteroatoms. The maximum Gasteiger partial charge on any atom is 0.253 e. The quantitative estimate of drug-likeness (QED) is 0.322. The summed E-state index contributed by atoms with van der Waals surface area (Å²) in [5.41, 5.74) is 6.98. The number of nitrogens with one attached hydrogen (secondary N) is 1. The maximum atomic E-state index is 15.0. The predicted molar refractivity (Wildman–Crippen MR) is 135 cm³/mol. The van der Waals surface area contributed by atoms with E-state index >= 15 is 4.39 Å². The molecule has 3 heterocycles. The van der Waals surface area contributed by atoms with E-state index in [1.807, 2.05) is 41.9 Å². The van der Waals surface area contributed by atoms with Crippen molar-refractivity contribution < 1.29 is 9.18 Å². The van der Waals surface area contributed by atoms with Crippen molar-refractivity contribution in [3.63, 3.8) is 0 Å². The minimum absolute atomic E-state index is 0.102. The van der Waals surface area contributed by atoms with E-state index in [0.717, 1.165) is 64.0 Å². The van der Waals surface area contributed by atoms with Crippen LogP contribution in [0.3, 0.4) is 0 Å². The Bertz CT molecular complexity index is 1540. The van der Waals surface area contributed by atoms with E-state index in [4.69, 9.17) is 0 Å². The maximum absolute atomic E-state index is 15.0. The molecule has 1 aliphatic heterocycles. The van der Waals surface area contributed by atoms with Gasteiger partial charge >= 0.3 is 0 Å². The van der Waals surface area contributed by atoms with Gasteiger partial charge in [-0.3, -0.25) is 9.78 Å². The van der Waals surface area contributed by atoms with Crippen LogP contribution in [0.25, 0.3) is 32.2 Å². The summed E-state index contributed by atoms with van der Waals surface area (Å²) >= 11 is 1.61. The number of carbonyl (C=O) groups is 1. The number of likely N-dealkylation sites (tertiary alicyclic amines) is 1. The number of hydrogen-bond donors (Lipinski definition) is 1. The molecule has 3 aromatic carbocycles. The van der Waals surface area contributed by atoms with Crippen LogP contribution in [0.4, 0.5) is 15.8 Å². The van der Waals surface area contributed by atoms with Crippen LogP contribution < -0.4 is 5.32 Å². The zero-order chi connectivity index (χ0) is 23.1. The zero-order valence-corrected chi connectivity index (χ0v) is 19.1. The molecule has 0 bridgehead atoms. The Hall–Kier alpha value is -3.84. The molecule has 168 valence electrons. The molecule has 1 saturated heterocycles. The Morgan fingerprint density at radius 2 is 1.82 bits per heavy atom. The van der Waals surface area contributed by atoms with E-state index in [-0.39, 0.29) is 5.91 Å². The van der Waals surface area contributed by atoms with Crippen molar-refractivity contribution in [1.29, 1.82) is 0 Å². The van der Waals surface area contributed by atoms with E-state index in [1.165, 1.54) is 6.07 Å². The number of pyridine rings is 1. The third-order valence-corrected chi connectivity index (χ3v) is 7.08. The number of fused-ring (bicyclic) bond motifs is 2. The fourth-order valence-electron chi connectivity index (χ4n) is 4.50. The monoisotopic (exact) mass is 468 g/mol. The number of rotatable bonds is 4. The third kappa shape index (κ3) is 3.78. The normalized spacial score (nSPS) is 13.6. The molecule has 34 heavy (non-hydrogen) atoms. The summed E-state index contributed by atoms with van der Waals surface area (Å²) in [4.78, 5) is 23.3. The van der Waals surface area contributed by atoms with Crippen LogP contribution >= 0.6 is 11.3 Å². The lowest BCUT2D eigenvalue weighted by Crippen LogP contribution is -2.27. The first-order valence-corrected chi connectivity index (χ1v) is 12.1. The van der Waals surface area contributed by atoms with Crippen LogP contribution in [0.5, 0.6) is 0 Å². The largest absolute Gasteiger partial charge is 0.355 e. The number of amides is 1. The van der Waals surface area contributed by atoms with E-state index in [1.54, 1.807) is 34.6 Å². The molecule has 1 N–H and O–H groups in total. The summed E-state index contributed by atoms with van der Waals surface area (Å²) in [5, 5.41) is 4.39. The van der Waals surface area contributed by atoms with Crippen LogP contribution in [-0.4, -0.2) is 33.9 Å². The molecule has 6 rings (SSSR count). The summed E-state index contributed by atoms with van der Waals surface area (Å²) in [6.07, 6.45) is 3.75. The Morgan fingerprint density at radius 1 is 0.941 bits per heavy atom. The van der Waals surface area contributed by atoms with E-state index in [2.05, 4.69) is 21.4 Å². The number of halogens is 1. The van der Waals surface area contributed by atoms with Crippen molar-refractivity contribution in [2.45, 2.75) is 12.8 Å². The van der Waals surface area contributed by atoms with Gasteiger partial charge < -0.3 is 10.2 Å². The summed E-state index contributed by atoms with van der Waals surface area (Å²) in [5.74, 6) is -0.509. The van der Waals surface area contributed by atoms with Gasteiger partial charge in [0, 0.05) is 47.2 Å². The average molecular weight is 469 g/mol. The van der Waals surface area contributed by atoms with Crippen LogP contribution in [0.2, 0.25) is 0 Å². The number of hydrogen-bond acceptors (Lipinski definition) is 5. The van der Waals surface area contributed by atoms with Crippen LogP contribution in [-0.2, 0) is 0 Å². The van der Waals surface area contributed by atoms with Crippen molar-refractivity contribution in [3.8, 4) is 11.1 Å². The van der Waals surface area contributed by atoms with Crippen LogP contribution in [0.1, 0.15) is 23.2 Å². The van der Waals surface area contributed by atoms with Gasteiger partial charge in [-0.05, 0) is 60.9 Å². The minimum Gasteiger partial charge on any atom is -0.355 e. The number of aromatic nitrogens is 2. The molecule has 0 aliphatic carbocycles. The molecule has 1 fully saturated rings. The van der Waals surface area contributed by atoms with Gasteiger partial charge in [0.1, 0.15) is 5.82 Å². The van der Waals surface area contributed by atoms with E-state index in [9.17, 15) is 4.79 Å². The highest BCUT2D eigenvalue weighted by molar-refractivity contribution is 7.16. The van der Waals surface area contributed by atoms with E-state index < -0.39 is 5.82 Å². The van der Waals surface area contributed by atoms with Crippen molar-refractivity contribution in [1.82, 2.24) is 14.9 Å². The fourth-order valence-corrected chi connectivity index (χ4v) is 5.16. The topological polar surface area (TPSA) is 58.1 Å². The molecule has 0 atom stereocenters. The molecule has 0 unspecified atom stereocenters. The number of anilines is 2.